The highest BCUT2D eigenvalue weighted by atomic mass is 35.5. The minimum atomic E-state index is -0.947. The number of carbonyl (C=O) groups is 1. The Hall–Kier alpha value is -1.17. The molecule has 14 heavy (non-hydrogen) atoms. The smallest absolute Gasteiger partial charge is 0.315 e. The van der Waals surface area contributed by atoms with Crippen LogP contribution in [0.5, 0.6) is 0 Å². The van der Waals surface area contributed by atoms with Gasteiger partial charge in [-0.1, -0.05) is 29.1 Å². The summed E-state index contributed by atoms with van der Waals surface area (Å²) in [6.45, 7) is 0. The number of halogens is 2. The number of benzene rings is 1. The van der Waals surface area contributed by atoms with Gasteiger partial charge >= 0.3 is 5.97 Å². The van der Waals surface area contributed by atoms with E-state index in [0.717, 1.165) is 10.0 Å². The maximum absolute atomic E-state index is 9.46. The average molecular weight is 231 g/mol. The molecule has 0 aliphatic rings. The van der Waals surface area contributed by atoms with Crippen LogP contribution in [-0.2, 0) is 4.79 Å². The van der Waals surface area contributed by atoms with E-state index >= 15 is 0 Å². The lowest BCUT2D eigenvalue weighted by molar-refractivity contribution is -0.135. The molecule has 4 heteroatoms. The maximum atomic E-state index is 9.46. The standard InChI is InChI=1S/C6H4Cl2.C4H4O2/c7-5-1-2-6(8)4-3-5;1-2-3-4(5)6/h1-4H;1H,3H2,(H,5,6). The fourth-order valence-electron chi connectivity index (χ4n) is 0.517. The lowest BCUT2D eigenvalue weighted by Crippen LogP contribution is -1.88. The third kappa shape index (κ3) is 7.48. The molecular weight excluding hydrogens is 223 g/mol. The van der Waals surface area contributed by atoms with Gasteiger partial charge in [0.05, 0.1) is 0 Å². The van der Waals surface area contributed by atoms with E-state index in [1.807, 2.05) is 5.92 Å². The van der Waals surface area contributed by atoms with Gasteiger partial charge in [0.2, 0.25) is 0 Å². The molecule has 0 aliphatic heterocycles. The average Bonchev–Trinajstić information content (AvgIpc) is 2.11. The molecule has 0 amide bonds. The van der Waals surface area contributed by atoms with E-state index < -0.39 is 5.97 Å². The summed E-state index contributed by atoms with van der Waals surface area (Å²) >= 11 is 11.1. The number of carboxylic acid groups (broad SMARTS) is 1. The fraction of sp³-hybridized carbons (Fsp3) is 0.100. The second kappa shape index (κ2) is 7.25. The molecule has 0 aromatic heterocycles. The molecule has 0 fully saturated rings. The van der Waals surface area contributed by atoms with E-state index in [9.17, 15) is 4.79 Å². The van der Waals surface area contributed by atoms with Gasteiger partial charge in [0, 0.05) is 10.0 Å². The molecule has 0 aliphatic carbocycles. The molecule has 0 bridgehead atoms. The first-order valence-corrected chi connectivity index (χ1v) is 4.38. The number of hydrogen-bond donors (Lipinski definition) is 1. The van der Waals surface area contributed by atoms with Gasteiger partial charge in [0.15, 0.2) is 0 Å². The number of aliphatic carboxylic acids is 1. The lowest BCUT2D eigenvalue weighted by atomic mass is 10.4. The highest BCUT2D eigenvalue weighted by molar-refractivity contribution is 6.32. The summed E-state index contributed by atoms with van der Waals surface area (Å²) in [7, 11) is 0. The van der Waals surface area contributed by atoms with Crippen molar-refractivity contribution in [1.82, 2.24) is 0 Å². The Morgan fingerprint density at radius 1 is 1.29 bits per heavy atom. The maximum Gasteiger partial charge on any atom is 0.315 e. The predicted molar refractivity (Wildman–Crippen MR) is 57.5 cm³/mol. The first-order valence-electron chi connectivity index (χ1n) is 3.62. The van der Waals surface area contributed by atoms with Crippen LogP contribution in [0.4, 0.5) is 0 Å². The molecule has 0 heterocycles. The highest BCUT2D eigenvalue weighted by Gasteiger charge is 1.85. The molecule has 0 saturated carbocycles. The van der Waals surface area contributed by atoms with Crippen molar-refractivity contribution in [1.29, 1.82) is 0 Å². The van der Waals surface area contributed by atoms with E-state index in [1.165, 1.54) is 0 Å². The molecule has 2 nitrogen and oxygen atoms in total. The predicted octanol–water partition coefficient (Wildman–Crippen LogP) is 3.09. The Balaban J connectivity index is 0.000000255. The quantitative estimate of drug-likeness (QED) is 0.754. The number of terminal acetylenes is 1. The van der Waals surface area contributed by atoms with Gasteiger partial charge in [-0.05, 0) is 24.3 Å². The summed E-state index contributed by atoms with van der Waals surface area (Å²) < 4.78 is 0. The largest absolute Gasteiger partial charge is 0.481 e. The van der Waals surface area contributed by atoms with Gasteiger partial charge in [-0.15, -0.1) is 6.42 Å². The zero-order chi connectivity index (χ0) is 11.0. The van der Waals surface area contributed by atoms with Gasteiger partial charge in [-0.3, -0.25) is 4.79 Å². The fourth-order valence-corrected chi connectivity index (χ4v) is 0.769. The van der Waals surface area contributed by atoms with Crippen LogP contribution < -0.4 is 0 Å². The van der Waals surface area contributed by atoms with Crippen LogP contribution >= 0.6 is 23.2 Å². The van der Waals surface area contributed by atoms with E-state index in [0.29, 0.717) is 0 Å². The normalized spacial score (nSPS) is 8.07. The first kappa shape index (κ1) is 12.8. The zero-order valence-corrected chi connectivity index (χ0v) is 8.72. The Morgan fingerprint density at radius 3 is 1.79 bits per heavy atom. The molecule has 1 rings (SSSR count). The first-order chi connectivity index (χ1) is 6.56. The van der Waals surface area contributed by atoms with Crippen LogP contribution in [0.25, 0.3) is 0 Å². The Kier molecular flexibility index (Phi) is 6.65. The van der Waals surface area contributed by atoms with Crippen LogP contribution in [0.15, 0.2) is 24.3 Å². The van der Waals surface area contributed by atoms with E-state index in [-0.39, 0.29) is 6.42 Å². The van der Waals surface area contributed by atoms with Gasteiger partial charge in [0.25, 0.3) is 0 Å². The van der Waals surface area contributed by atoms with Gasteiger partial charge in [-0.2, -0.15) is 0 Å². The molecule has 0 spiro atoms. The van der Waals surface area contributed by atoms with Crippen molar-refractivity contribution in [2.24, 2.45) is 0 Å². The molecule has 74 valence electrons. The molecule has 0 radical (unpaired) electrons. The van der Waals surface area contributed by atoms with Crippen molar-refractivity contribution in [3.63, 3.8) is 0 Å². The molecule has 0 atom stereocenters. The van der Waals surface area contributed by atoms with Crippen LogP contribution in [-0.4, -0.2) is 11.1 Å². The molecule has 1 N–H and O–H groups in total. The van der Waals surface area contributed by atoms with Gasteiger partial charge in [-0.25, -0.2) is 0 Å². The summed E-state index contributed by atoms with van der Waals surface area (Å²) in [5, 5.41) is 9.21. The van der Waals surface area contributed by atoms with Crippen LogP contribution in [0, 0.1) is 12.3 Å². The van der Waals surface area contributed by atoms with Gasteiger partial charge < -0.3 is 5.11 Å². The van der Waals surface area contributed by atoms with Crippen molar-refractivity contribution < 1.29 is 9.90 Å². The lowest BCUT2D eigenvalue weighted by Gasteiger charge is -1.86. The minimum absolute atomic E-state index is 0.181. The summed E-state index contributed by atoms with van der Waals surface area (Å²) in [4.78, 5) is 9.46. The van der Waals surface area contributed by atoms with Crippen molar-refractivity contribution in [3.05, 3.63) is 34.3 Å². The van der Waals surface area contributed by atoms with E-state index in [4.69, 9.17) is 28.3 Å². The van der Waals surface area contributed by atoms with Crippen molar-refractivity contribution >= 4 is 29.2 Å². The summed E-state index contributed by atoms with van der Waals surface area (Å²) in [6.07, 6.45) is 4.42. The van der Waals surface area contributed by atoms with Crippen LogP contribution in [0.1, 0.15) is 6.42 Å². The molecule has 1 aromatic carbocycles. The second-order valence-corrected chi connectivity index (χ2v) is 3.08. The summed E-state index contributed by atoms with van der Waals surface area (Å²) in [5.41, 5.74) is 0. The van der Waals surface area contributed by atoms with Crippen molar-refractivity contribution in [3.8, 4) is 12.3 Å². The number of rotatable bonds is 1. The summed E-state index contributed by atoms with van der Waals surface area (Å²) in [5.74, 6) is 1.02. The van der Waals surface area contributed by atoms with E-state index in [2.05, 4.69) is 6.42 Å². The SMILES string of the molecule is C#CCC(=O)O.Clc1ccc(Cl)cc1. The second-order valence-electron chi connectivity index (χ2n) is 2.21. The summed E-state index contributed by atoms with van der Waals surface area (Å²) in [6, 6.07) is 7.02. The minimum Gasteiger partial charge on any atom is -0.481 e. The number of carboxylic acids is 1. The Labute approximate surface area is 92.5 Å². The van der Waals surface area contributed by atoms with Gasteiger partial charge in [0.1, 0.15) is 6.42 Å². The zero-order valence-electron chi connectivity index (χ0n) is 7.21. The Morgan fingerprint density at radius 2 is 1.64 bits per heavy atom. The molecular formula is C10H8Cl2O2. The molecule has 1 aromatic rings. The van der Waals surface area contributed by atoms with Crippen molar-refractivity contribution in [2.75, 3.05) is 0 Å². The topological polar surface area (TPSA) is 37.3 Å². The molecule has 0 saturated heterocycles. The van der Waals surface area contributed by atoms with Crippen LogP contribution in [0.3, 0.4) is 0 Å². The molecule has 0 unspecified atom stereocenters. The van der Waals surface area contributed by atoms with Crippen molar-refractivity contribution in [2.45, 2.75) is 6.42 Å². The third-order valence-corrected chi connectivity index (χ3v) is 1.56. The van der Waals surface area contributed by atoms with Crippen LogP contribution in [0.2, 0.25) is 10.0 Å². The third-order valence-electron chi connectivity index (χ3n) is 1.06. The monoisotopic (exact) mass is 230 g/mol. The highest BCUT2D eigenvalue weighted by Crippen LogP contribution is 2.12. The number of hydrogen-bond acceptors (Lipinski definition) is 1. The Bertz CT molecular complexity index is 304. The van der Waals surface area contributed by atoms with E-state index in [1.54, 1.807) is 24.3 Å².